The fraction of sp³-hybridized carbons (Fsp3) is 0.875. The molecule has 0 atom stereocenters. The summed E-state index contributed by atoms with van der Waals surface area (Å²) in [5.41, 5.74) is -0.520. The Hall–Kier alpha value is -1.14. The van der Waals surface area contributed by atoms with Gasteiger partial charge in [-0.3, -0.25) is 9.59 Å². The van der Waals surface area contributed by atoms with E-state index >= 15 is 0 Å². The fourth-order valence-electron chi connectivity index (χ4n) is 2.39. The molecule has 0 aromatic rings. The average molecular weight is 316 g/mol. The van der Waals surface area contributed by atoms with Gasteiger partial charge in [-0.05, 0) is 46.0 Å². The van der Waals surface area contributed by atoms with Gasteiger partial charge in [0.1, 0.15) is 13.2 Å². The summed E-state index contributed by atoms with van der Waals surface area (Å²) in [4.78, 5) is 23.6. The van der Waals surface area contributed by atoms with Crippen LogP contribution < -0.4 is 0 Å². The van der Waals surface area contributed by atoms with Crippen molar-refractivity contribution in [2.24, 2.45) is 17.3 Å². The molecule has 6 heteroatoms. The van der Waals surface area contributed by atoms with Crippen LogP contribution in [-0.4, -0.2) is 41.7 Å². The minimum Gasteiger partial charge on any atom is -0.462 e. The third-order valence-electron chi connectivity index (χ3n) is 4.52. The molecule has 6 nitrogen and oxygen atoms in total. The molecule has 0 aromatic carbocycles. The van der Waals surface area contributed by atoms with Crippen LogP contribution in [0.1, 0.15) is 52.9 Å². The van der Waals surface area contributed by atoms with Crippen molar-refractivity contribution in [2.45, 2.75) is 59.2 Å². The average Bonchev–Trinajstić information content (AvgIpc) is 2.51. The van der Waals surface area contributed by atoms with Crippen LogP contribution in [-0.2, 0) is 19.1 Å². The van der Waals surface area contributed by atoms with Gasteiger partial charge in [0.25, 0.3) is 0 Å². The molecule has 2 N–H and O–H groups in total. The third kappa shape index (κ3) is 5.57. The Kier molecular flexibility index (Phi) is 7.29. The largest absolute Gasteiger partial charge is 0.462 e. The Bertz CT molecular complexity index is 369. The number of carbonyl (C=O) groups excluding carboxylic acids is 2. The van der Waals surface area contributed by atoms with E-state index in [4.69, 9.17) is 19.7 Å². The summed E-state index contributed by atoms with van der Waals surface area (Å²) in [7, 11) is 0. The number of hydrogen-bond donors (Lipinski definition) is 2. The number of esters is 2. The summed E-state index contributed by atoms with van der Waals surface area (Å²) in [6.07, 6.45) is 1.80. The van der Waals surface area contributed by atoms with Gasteiger partial charge in [-0.1, -0.05) is 6.92 Å². The van der Waals surface area contributed by atoms with Crippen molar-refractivity contribution >= 4 is 11.9 Å². The highest BCUT2D eigenvalue weighted by Gasteiger charge is 2.30. The number of rotatable bonds is 7. The van der Waals surface area contributed by atoms with Crippen LogP contribution in [0.4, 0.5) is 0 Å². The molecule has 1 saturated carbocycles. The molecular formula is C16H28O6. The van der Waals surface area contributed by atoms with Gasteiger partial charge in [-0.15, -0.1) is 0 Å². The molecule has 1 fully saturated rings. The van der Waals surface area contributed by atoms with E-state index in [2.05, 4.69) is 0 Å². The van der Waals surface area contributed by atoms with Crippen LogP contribution in [0.3, 0.4) is 0 Å². The van der Waals surface area contributed by atoms with E-state index in [0.717, 1.165) is 0 Å². The molecule has 0 unspecified atom stereocenters. The highest BCUT2D eigenvalue weighted by Crippen LogP contribution is 2.31. The first-order valence-electron chi connectivity index (χ1n) is 7.98. The van der Waals surface area contributed by atoms with Crippen LogP contribution in [0.15, 0.2) is 0 Å². The van der Waals surface area contributed by atoms with Gasteiger partial charge in [0, 0.05) is 5.92 Å². The first-order valence-corrected chi connectivity index (χ1v) is 7.98. The van der Waals surface area contributed by atoms with E-state index in [1.54, 1.807) is 0 Å². The van der Waals surface area contributed by atoms with Gasteiger partial charge in [0.05, 0.1) is 11.3 Å². The lowest BCUT2D eigenvalue weighted by Gasteiger charge is -2.28. The smallest absolute Gasteiger partial charge is 0.311 e. The summed E-state index contributed by atoms with van der Waals surface area (Å²) in [5.74, 6) is -0.931. The maximum atomic E-state index is 11.9. The van der Waals surface area contributed by atoms with E-state index in [9.17, 15) is 9.59 Å². The zero-order valence-corrected chi connectivity index (χ0v) is 13.7. The number of aliphatic hydroxyl groups excluding tert-OH is 1. The Morgan fingerprint density at radius 1 is 1.09 bits per heavy atom. The van der Waals surface area contributed by atoms with Gasteiger partial charge < -0.3 is 19.7 Å². The molecule has 1 aliphatic rings. The van der Waals surface area contributed by atoms with E-state index < -0.39 is 11.7 Å². The number of hydrogen-bond acceptors (Lipinski definition) is 6. The first kappa shape index (κ1) is 18.9. The molecule has 1 rings (SSSR count). The lowest BCUT2D eigenvalue weighted by molar-refractivity contribution is -0.161. The number of carbonyl (C=O) groups is 2. The van der Waals surface area contributed by atoms with Crippen molar-refractivity contribution in [1.82, 2.24) is 0 Å². The first-order chi connectivity index (χ1) is 10.3. The van der Waals surface area contributed by atoms with E-state index in [-0.39, 0.29) is 37.0 Å². The molecule has 0 aliphatic heterocycles. The predicted octanol–water partition coefficient (Wildman–Crippen LogP) is 1.63. The number of ether oxygens (including phenoxy) is 2. The lowest BCUT2D eigenvalue weighted by Crippen LogP contribution is -2.30. The second-order valence-electron chi connectivity index (χ2n) is 6.57. The quantitative estimate of drug-likeness (QED) is 0.421. The maximum Gasteiger partial charge on any atom is 0.311 e. The van der Waals surface area contributed by atoms with Crippen molar-refractivity contribution in [2.75, 3.05) is 13.2 Å². The highest BCUT2D eigenvalue weighted by molar-refractivity contribution is 5.75. The van der Waals surface area contributed by atoms with E-state index in [1.165, 1.54) is 0 Å². The van der Waals surface area contributed by atoms with Crippen LogP contribution in [0, 0.1) is 17.3 Å². The van der Waals surface area contributed by atoms with Crippen LogP contribution in [0.2, 0.25) is 0 Å². The SMILES string of the molecule is CCC(C)(C)C(=O)OCCOC(=O)C1CCC(C(O)O)CC1. The fourth-order valence-corrected chi connectivity index (χ4v) is 2.39. The van der Waals surface area contributed by atoms with Crippen LogP contribution >= 0.6 is 0 Å². The molecule has 0 bridgehead atoms. The molecular weight excluding hydrogens is 288 g/mol. The van der Waals surface area contributed by atoms with Crippen molar-refractivity contribution in [3.05, 3.63) is 0 Å². The monoisotopic (exact) mass is 316 g/mol. The van der Waals surface area contributed by atoms with E-state index in [0.29, 0.717) is 32.1 Å². The minimum atomic E-state index is -1.31. The summed E-state index contributed by atoms with van der Waals surface area (Å²) in [5, 5.41) is 18.2. The van der Waals surface area contributed by atoms with Crippen molar-refractivity contribution < 1.29 is 29.3 Å². The van der Waals surface area contributed by atoms with Crippen molar-refractivity contribution in [3.8, 4) is 0 Å². The molecule has 22 heavy (non-hydrogen) atoms. The molecule has 0 radical (unpaired) electrons. The van der Waals surface area contributed by atoms with Gasteiger partial charge in [-0.25, -0.2) is 0 Å². The van der Waals surface area contributed by atoms with E-state index in [1.807, 2.05) is 20.8 Å². The molecule has 0 aromatic heterocycles. The Balaban J connectivity index is 2.21. The third-order valence-corrected chi connectivity index (χ3v) is 4.52. The topological polar surface area (TPSA) is 93.1 Å². The molecule has 1 aliphatic carbocycles. The standard InChI is InChI=1S/C16H28O6/c1-4-16(2,3)15(20)22-10-9-21-14(19)12-7-5-11(6-8-12)13(17)18/h11-13,17-18H,4-10H2,1-3H3. The maximum absolute atomic E-state index is 11.9. The summed E-state index contributed by atoms with van der Waals surface area (Å²) < 4.78 is 10.2. The lowest BCUT2D eigenvalue weighted by atomic mass is 9.82. The van der Waals surface area contributed by atoms with Gasteiger partial charge in [-0.2, -0.15) is 0 Å². The second-order valence-corrected chi connectivity index (χ2v) is 6.57. The minimum absolute atomic E-state index is 0.0624. The zero-order chi connectivity index (χ0) is 16.8. The summed E-state index contributed by atoms with van der Waals surface area (Å²) in [6, 6.07) is 0. The molecule has 0 amide bonds. The molecule has 0 spiro atoms. The summed E-state index contributed by atoms with van der Waals surface area (Å²) >= 11 is 0. The second kappa shape index (κ2) is 8.48. The summed E-state index contributed by atoms with van der Waals surface area (Å²) in [6.45, 7) is 5.68. The van der Waals surface area contributed by atoms with Crippen LogP contribution in [0.25, 0.3) is 0 Å². The van der Waals surface area contributed by atoms with Gasteiger partial charge in [0.2, 0.25) is 0 Å². The molecule has 0 heterocycles. The molecule has 0 saturated heterocycles. The Morgan fingerprint density at radius 3 is 2.14 bits per heavy atom. The normalized spacial score (nSPS) is 22.5. The predicted molar refractivity (Wildman–Crippen MR) is 79.7 cm³/mol. The van der Waals surface area contributed by atoms with Crippen LogP contribution in [0.5, 0.6) is 0 Å². The Morgan fingerprint density at radius 2 is 1.64 bits per heavy atom. The van der Waals surface area contributed by atoms with Gasteiger partial charge in [0.15, 0.2) is 6.29 Å². The molecule has 128 valence electrons. The van der Waals surface area contributed by atoms with Crippen molar-refractivity contribution in [3.63, 3.8) is 0 Å². The van der Waals surface area contributed by atoms with Crippen molar-refractivity contribution in [1.29, 1.82) is 0 Å². The van der Waals surface area contributed by atoms with Gasteiger partial charge >= 0.3 is 11.9 Å². The Labute approximate surface area is 131 Å². The highest BCUT2D eigenvalue weighted by atomic mass is 16.6. The number of aliphatic hydroxyl groups is 2. The zero-order valence-electron chi connectivity index (χ0n) is 13.7.